The number of carbonyl (C=O) groups is 1. The second-order valence-electron chi connectivity index (χ2n) is 8.27. The van der Waals surface area contributed by atoms with Gasteiger partial charge in [0.25, 0.3) is 5.91 Å². The molecule has 2 aromatic carbocycles. The molecular weight excluding hydrogens is 443 g/mol. The number of hydrogen-bond donors (Lipinski definition) is 2. The van der Waals surface area contributed by atoms with Crippen LogP contribution in [0.25, 0.3) is 11.3 Å². The van der Waals surface area contributed by atoms with Crippen molar-refractivity contribution >= 4 is 11.9 Å². The zero-order valence-electron chi connectivity index (χ0n) is 17.9. The van der Waals surface area contributed by atoms with E-state index >= 15 is 0 Å². The fourth-order valence-electron chi connectivity index (χ4n) is 4.44. The number of aromatic nitrogens is 2. The monoisotopic (exact) mass is 464 g/mol. The Kier molecular flexibility index (Phi) is 5.23. The minimum absolute atomic E-state index is 0.151. The van der Waals surface area contributed by atoms with Crippen molar-refractivity contribution in [3.63, 3.8) is 0 Å². The van der Waals surface area contributed by atoms with Crippen molar-refractivity contribution in [3.8, 4) is 22.8 Å². The highest BCUT2D eigenvalue weighted by Crippen LogP contribution is 2.33. The molecule has 2 fully saturated rings. The van der Waals surface area contributed by atoms with E-state index in [2.05, 4.69) is 20.6 Å². The average molecular weight is 464 g/mol. The van der Waals surface area contributed by atoms with Gasteiger partial charge in [-0.1, -0.05) is 12.1 Å². The van der Waals surface area contributed by atoms with Gasteiger partial charge in [0.05, 0.1) is 31.0 Å². The molecule has 0 aliphatic carbocycles. The maximum atomic E-state index is 13.6. The van der Waals surface area contributed by atoms with E-state index in [0.717, 1.165) is 0 Å². The van der Waals surface area contributed by atoms with E-state index in [0.29, 0.717) is 47.5 Å². The molecule has 3 aromatic rings. The predicted octanol–water partition coefficient (Wildman–Crippen LogP) is 2.39. The highest BCUT2D eigenvalue weighted by atomic mass is 19.1. The van der Waals surface area contributed by atoms with E-state index in [1.54, 1.807) is 42.6 Å². The van der Waals surface area contributed by atoms with Crippen LogP contribution in [0.5, 0.6) is 11.5 Å². The molecule has 1 amide bonds. The van der Waals surface area contributed by atoms with E-state index in [1.807, 2.05) is 0 Å². The second kappa shape index (κ2) is 8.54. The van der Waals surface area contributed by atoms with Crippen molar-refractivity contribution in [2.45, 2.75) is 24.3 Å². The molecule has 0 radical (unpaired) electrons. The van der Waals surface area contributed by atoms with Crippen LogP contribution in [0.3, 0.4) is 0 Å². The Labute approximate surface area is 194 Å². The number of rotatable bonds is 5. The maximum absolute atomic E-state index is 13.6. The molecule has 3 aliphatic heterocycles. The van der Waals surface area contributed by atoms with Crippen molar-refractivity contribution in [1.29, 1.82) is 0 Å². The summed E-state index contributed by atoms with van der Waals surface area (Å²) in [5.74, 6) is 1.00. The number of ether oxygens (including phenoxy) is 4. The van der Waals surface area contributed by atoms with Gasteiger partial charge in [0.2, 0.25) is 12.7 Å². The van der Waals surface area contributed by atoms with Crippen LogP contribution in [0.4, 0.5) is 10.3 Å². The average Bonchev–Trinajstić information content (AvgIpc) is 3.57. The number of benzene rings is 2. The molecule has 34 heavy (non-hydrogen) atoms. The first-order chi connectivity index (χ1) is 16.6. The lowest BCUT2D eigenvalue weighted by atomic mass is 10.1. The fraction of sp³-hybridized carbons (Fsp3) is 0.292. The van der Waals surface area contributed by atoms with E-state index < -0.39 is 0 Å². The van der Waals surface area contributed by atoms with Gasteiger partial charge in [-0.25, -0.2) is 14.4 Å². The number of anilines is 1. The first-order valence-electron chi connectivity index (χ1n) is 10.9. The molecule has 4 heterocycles. The Balaban J connectivity index is 1.11. The van der Waals surface area contributed by atoms with E-state index in [9.17, 15) is 9.18 Å². The molecule has 6 rings (SSSR count). The molecule has 9 nitrogen and oxygen atoms in total. The van der Waals surface area contributed by atoms with Crippen molar-refractivity contribution in [3.05, 3.63) is 66.1 Å². The molecule has 0 spiro atoms. The Bertz CT molecular complexity index is 1240. The molecule has 2 saturated heterocycles. The van der Waals surface area contributed by atoms with Crippen LogP contribution in [0.1, 0.15) is 10.4 Å². The number of hydrogen-bond acceptors (Lipinski definition) is 8. The van der Waals surface area contributed by atoms with Gasteiger partial charge in [-0.15, -0.1) is 0 Å². The summed E-state index contributed by atoms with van der Waals surface area (Å²) >= 11 is 0. The molecule has 3 aliphatic rings. The zero-order valence-corrected chi connectivity index (χ0v) is 17.9. The topological polar surface area (TPSA) is 104 Å². The molecule has 2 N–H and O–H groups in total. The van der Waals surface area contributed by atoms with Gasteiger partial charge in [-0.05, 0) is 36.4 Å². The summed E-state index contributed by atoms with van der Waals surface area (Å²) < 4.78 is 36.2. The lowest BCUT2D eigenvalue weighted by molar-refractivity contribution is 0.0652. The third kappa shape index (κ3) is 3.91. The number of amides is 1. The Morgan fingerprint density at radius 2 is 1.79 bits per heavy atom. The summed E-state index contributed by atoms with van der Waals surface area (Å²) in [7, 11) is 0. The van der Waals surface area contributed by atoms with Gasteiger partial charge in [-0.3, -0.25) is 4.79 Å². The predicted molar refractivity (Wildman–Crippen MR) is 118 cm³/mol. The summed E-state index contributed by atoms with van der Waals surface area (Å²) in [4.78, 5) is 21.6. The van der Waals surface area contributed by atoms with Crippen LogP contribution < -0.4 is 20.1 Å². The van der Waals surface area contributed by atoms with Crippen LogP contribution in [0, 0.1) is 5.82 Å². The van der Waals surface area contributed by atoms with Crippen LogP contribution in [-0.2, 0) is 9.47 Å². The normalized spacial score (nSPS) is 24.6. The van der Waals surface area contributed by atoms with Crippen molar-refractivity contribution < 1.29 is 28.1 Å². The van der Waals surface area contributed by atoms with Crippen molar-refractivity contribution in [1.82, 2.24) is 15.3 Å². The van der Waals surface area contributed by atoms with E-state index in [1.165, 1.54) is 12.1 Å². The molecule has 4 atom stereocenters. The quantitative estimate of drug-likeness (QED) is 0.593. The Morgan fingerprint density at radius 3 is 2.68 bits per heavy atom. The first-order valence-corrected chi connectivity index (χ1v) is 10.9. The van der Waals surface area contributed by atoms with Gasteiger partial charge in [0.1, 0.15) is 18.0 Å². The van der Waals surface area contributed by atoms with Crippen molar-refractivity contribution in [2.24, 2.45) is 0 Å². The summed E-state index contributed by atoms with van der Waals surface area (Å²) in [6, 6.07) is 12.5. The maximum Gasteiger partial charge on any atom is 0.251 e. The largest absolute Gasteiger partial charge is 0.454 e. The van der Waals surface area contributed by atoms with E-state index in [4.69, 9.17) is 18.9 Å². The van der Waals surface area contributed by atoms with Crippen LogP contribution >= 0.6 is 0 Å². The summed E-state index contributed by atoms with van der Waals surface area (Å²) in [6.45, 7) is 0.852. The number of nitrogens with zero attached hydrogens (tertiary/aromatic N) is 2. The van der Waals surface area contributed by atoms with Gasteiger partial charge < -0.3 is 29.6 Å². The molecule has 0 saturated carbocycles. The Hall–Kier alpha value is -3.76. The third-order valence-corrected chi connectivity index (χ3v) is 6.10. The van der Waals surface area contributed by atoms with Gasteiger partial charge in [0.15, 0.2) is 11.5 Å². The zero-order chi connectivity index (χ0) is 23.1. The number of halogens is 1. The summed E-state index contributed by atoms with van der Waals surface area (Å²) in [5.41, 5.74) is 1.74. The molecule has 0 bridgehead atoms. The standard InChI is InChI=1S/C24H21FN4O5/c25-15-3-1-2-13(8-15)16-6-7-26-24(28-16)29-18-11-32-21-17(10-31-22(18)21)27-23(30)14-4-5-19-20(9-14)34-12-33-19/h1-9,17-18,21-22H,10-12H2,(H,27,30)(H,26,28,29)/t17-,18+,21-,22+/m0/s1. The minimum Gasteiger partial charge on any atom is -0.454 e. The molecular formula is C24H21FN4O5. The smallest absolute Gasteiger partial charge is 0.251 e. The van der Waals surface area contributed by atoms with E-state index in [-0.39, 0.29) is 42.8 Å². The number of nitrogens with one attached hydrogen (secondary N) is 2. The summed E-state index contributed by atoms with van der Waals surface area (Å²) in [6.07, 6.45) is 1.04. The highest BCUT2D eigenvalue weighted by Gasteiger charge is 2.48. The van der Waals surface area contributed by atoms with Gasteiger partial charge >= 0.3 is 0 Å². The highest BCUT2D eigenvalue weighted by molar-refractivity contribution is 5.95. The Morgan fingerprint density at radius 1 is 0.971 bits per heavy atom. The molecule has 10 heteroatoms. The fourth-order valence-corrected chi connectivity index (χ4v) is 4.44. The summed E-state index contributed by atoms with van der Waals surface area (Å²) in [5, 5.41) is 6.26. The van der Waals surface area contributed by atoms with Crippen LogP contribution in [-0.4, -0.2) is 60.2 Å². The van der Waals surface area contributed by atoms with Crippen LogP contribution in [0.2, 0.25) is 0 Å². The lowest BCUT2D eigenvalue weighted by Gasteiger charge is -2.18. The SMILES string of the molecule is O=C(N[C@H]1CO[C@H]2[C@H]1OC[C@H]2Nc1nccc(-c2cccc(F)c2)n1)c1ccc2c(c1)OCO2. The third-order valence-electron chi connectivity index (χ3n) is 6.10. The van der Waals surface area contributed by atoms with Crippen LogP contribution in [0.15, 0.2) is 54.7 Å². The minimum atomic E-state index is -0.328. The molecule has 174 valence electrons. The molecule has 1 aromatic heterocycles. The van der Waals surface area contributed by atoms with Gasteiger partial charge in [0, 0.05) is 17.3 Å². The lowest BCUT2D eigenvalue weighted by Crippen LogP contribution is -2.44. The second-order valence-corrected chi connectivity index (χ2v) is 8.27. The number of carbonyl (C=O) groups excluding carboxylic acids is 1. The first kappa shape index (κ1) is 20.8. The van der Waals surface area contributed by atoms with Gasteiger partial charge in [-0.2, -0.15) is 0 Å². The van der Waals surface area contributed by atoms with Crippen molar-refractivity contribution in [2.75, 3.05) is 25.3 Å². The molecule has 0 unspecified atom stereocenters. The number of fused-ring (bicyclic) bond motifs is 2.